The van der Waals surface area contributed by atoms with E-state index in [2.05, 4.69) is 6.92 Å². The Morgan fingerprint density at radius 1 is 0.829 bits per heavy atom. The normalized spacial score (nSPS) is 10.3. The standard InChI is InChI=1S/C26H25NO8/c1-3-4-5-16-33-24-17-22(32-2)14-15-23(24)26(29)35-20-10-6-18(7-11-20)25(28)34-21-12-8-19(9-13-21)27(30)31/h6-15,17H,3-5,16H2,1-2H3. The van der Waals surface area contributed by atoms with E-state index in [4.69, 9.17) is 18.9 Å². The number of hydrogen-bond acceptors (Lipinski definition) is 8. The highest BCUT2D eigenvalue weighted by Crippen LogP contribution is 2.27. The number of hydrogen-bond donors (Lipinski definition) is 0. The van der Waals surface area contributed by atoms with Crippen LogP contribution >= 0.6 is 0 Å². The lowest BCUT2D eigenvalue weighted by Crippen LogP contribution is -2.12. The van der Waals surface area contributed by atoms with E-state index in [-0.39, 0.29) is 28.3 Å². The van der Waals surface area contributed by atoms with Crippen molar-refractivity contribution in [3.63, 3.8) is 0 Å². The number of benzene rings is 3. The van der Waals surface area contributed by atoms with Crippen LogP contribution in [0.1, 0.15) is 46.9 Å². The minimum Gasteiger partial charge on any atom is -0.497 e. The Balaban J connectivity index is 1.65. The predicted molar refractivity (Wildman–Crippen MR) is 127 cm³/mol. The molecule has 3 aromatic rings. The zero-order valence-electron chi connectivity index (χ0n) is 19.4. The molecule has 0 unspecified atom stereocenters. The number of methoxy groups -OCH3 is 1. The third kappa shape index (κ3) is 7.04. The van der Waals surface area contributed by atoms with Crippen LogP contribution < -0.4 is 18.9 Å². The van der Waals surface area contributed by atoms with Crippen molar-refractivity contribution in [3.8, 4) is 23.0 Å². The van der Waals surface area contributed by atoms with Crippen LogP contribution in [0.3, 0.4) is 0 Å². The van der Waals surface area contributed by atoms with Gasteiger partial charge in [-0.2, -0.15) is 0 Å². The molecule has 0 fully saturated rings. The van der Waals surface area contributed by atoms with Crippen molar-refractivity contribution in [3.05, 3.63) is 88.0 Å². The van der Waals surface area contributed by atoms with Crippen LogP contribution in [0, 0.1) is 10.1 Å². The molecule has 0 aromatic heterocycles. The molecule has 9 heteroatoms. The van der Waals surface area contributed by atoms with E-state index >= 15 is 0 Å². The number of carbonyl (C=O) groups is 2. The van der Waals surface area contributed by atoms with Gasteiger partial charge in [-0.3, -0.25) is 10.1 Å². The maximum absolute atomic E-state index is 12.8. The second-order valence-corrected chi connectivity index (χ2v) is 7.47. The van der Waals surface area contributed by atoms with Crippen molar-refractivity contribution in [2.24, 2.45) is 0 Å². The molecule has 0 saturated carbocycles. The second kappa shape index (κ2) is 12.2. The van der Waals surface area contributed by atoms with Crippen LogP contribution in [0.4, 0.5) is 5.69 Å². The van der Waals surface area contributed by atoms with Crippen LogP contribution in [0.2, 0.25) is 0 Å². The molecule has 3 rings (SSSR count). The molecular weight excluding hydrogens is 454 g/mol. The summed E-state index contributed by atoms with van der Waals surface area (Å²) in [5, 5.41) is 10.7. The van der Waals surface area contributed by atoms with E-state index in [1.165, 1.54) is 55.6 Å². The smallest absolute Gasteiger partial charge is 0.347 e. The SMILES string of the molecule is CCCCCOc1cc(OC)ccc1C(=O)Oc1ccc(C(=O)Oc2ccc([N+](=O)[O-])cc2)cc1. The summed E-state index contributed by atoms with van der Waals surface area (Å²) in [5.74, 6) is 0.0578. The van der Waals surface area contributed by atoms with Gasteiger partial charge in [-0.15, -0.1) is 0 Å². The van der Waals surface area contributed by atoms with Crippen molar-refractivity contribution in [1.29, 1.82) is 0 Å². The lowest BCUT2D eigenvalue weighted by Gasteiger charge is -2.13. The molecule has 0 aliphatic rings. The monoisotopic (exact) mass is 479 g/mol. The molecule has 9 nitrogen and oxygen atoms in total. The summed E-state index contributed by atoms with van der Waals surface area (Å²) in [4.78, 5) is 35.3. The number of nitro benzene ring substituents is 1. The fourth-order valence-electron chi connectivity index (χ4n) is 3.07. The molecule has 0 bridgehead atoms. The van der Waals surface area contributed by atoms with Gasteiger partial charge in [0.05, 0.1) is 24.2 Å². The highest BCUT2D eigenvalue weighted by Gasteiger charge is 2.17. The Labute approximate surface area is 202 Å². The first kappa shape index (κ1) is 25.2. The molecule has 0 amide bonds. The summed E-state index contributed by atoms with van der Waals surface area (Å²) in [5.41, 5.74) is 0.360. The van der Waals surface area contributed by atoms with Crippen LogP contribution in [0.15, 0.2) is 66.7 Å². The first-order valence-electron chi connectivity index (χ1n) is 11.0. The zero-order valence-corrected chi connectivity index (χ0v) is 19.4. The number of carbonyl (C=O) groups excluding carboxylic acids is 2. The fourth-order valence-corrected chi connectivity index (χ4v) is 3.07. The van der Waals surface area contributed by atoms with Crippen LogP contribution in [0.5, 0.6) is 23.0 Å². The second-order valence-electron chi connectivity index (χ2n) is 7.47. The van der Waals surface area contributed by atoms with Gasteiger partial charge in [0.1, 0.15) is 28.6 Å². The van der Waals surface area contributed by atoms with Crippen molar-refractivity contribution in [1.82, 2.24) is 0 Å². The maximum atomic E-state index is 12.8. The molecule has 0 heterocycles. The molecular formula is C26H25NO8. The Morgan fingerprint density at radius 2 is 1.43 bits per heavy atom. The van der Waals surface area contributed by atoms with E-state index in [0.717, 1.165) is 19.3 Å². The molecule has 3 aromatic carbocycles. The minimum atomic E-state index is -0.658. The zero-order chi connectivity index (χ0) is 25.2. The molecule has 182 valence electrons. The number of rotatable bonds is 11. The lowest BCUT2D eigenvalue weighted by molar-refractivity contribution is -0.384. The summed E-state index contributed by atoms with van der Waals surface area (Å²) >= 11 is 0. The third-order valence-corrected chi connectivity index (χ3v) is 4.97. The van der Waals surface area contributed by atoms with Gasteiger partial charge in [0.15, 0.2) is 0 Å². The number of nitrogens with zero attached hydrogens (tertiary/aromatic N) is 1. The molecule has 0 radical (unpaired) electrons. The number of ether oxygens (including phenoxy) is 4. The van der Waals surface area contributed by atoms with Gasteiger partial charge in [0.2, 0.25) is 0 Å². The highest BCUT2D eigenvalue weighted by atomic mass is 16.6. The fraction of sp³-hybridized carbons (Fsp3) is 0.231. The van der Waals surface area contributed by atoms with E-state index in [9.17, 15) is 19.7 Å². The van der Waals surface area contributed by atoms with E-state index in [1.54, 1.807) is 18.2 Å². The molecule has 0 saturated heterocycles. The van der Waals surface area contributed by atoms with Crippen LogP contribution in [-0.4, -0.2) is 30.6 Å². The molecule has 35 heavy (non-hydrogen) atoms. The highest BCUT2D eigenvalue weighted by molar-refractivity contribution is 5.94. The Kier molecular flexibility index (Phi) is 8.77. The van der Waals surface area contributed by atoms with Gasteiger partial charge in [-0.05, 0) is 55.0 Å². The Bertz CT molecular complexity index is 1170. The van der Waals surface area contributed by atoms with Crippen LogP contribution in [0.25, 0.3) is 0 Å². The number of esters is 2. The topological polar surface area (TPSA) is 114 Å². The van der Waals surface area contributed by atoms with Crippen molar-refractivity contribution in [2.45, 2.75) is 26.2 Å². The molecule has 0 atom stereocenters. The van der Waals surface area contributed by atoms with Gasteiger partial charge in [-0.25, -0.2) is 9.59 Å². The largest absolute Gasteiger partial charge is 0.497 e. The van der Waals surface area contributed by atoms with E-state index in [1.807, 2.05) is 0 Å². The molecule has 0 spiro atoms. The quantitative estimate of drug-likeness (QED) is 0.115. The van der Waals surface area contributed by atoms with Gasteiger partial charge < -0.3 is 18.9 Å². The first-order chi connectivity index (χ1) is 16.9. The van der Waals surface area contributed by atoms with Gasteiger partial charge in [0, 0.05) is 18.2 Å². The Morgan fingerprint density at radius 3 is 2.03 bits per heavy atom. The van der Waals surface area contributed by atoms with Gasteiger partial charge in [0.25, 0.3) is 5.69 Å². The molecule has 0 aliphatic carbocycles. The van der Waals surface area contributed by atoms with Gasteiger partial charge >= 0.3 is 11.9 Å². The molecule has 0 N–H and O–H groups in total. The van der Waals surface area contributed by atoms with Crippen molar-refractivity contribution >= 4 is 17.6 Å². The van der Waals surface area contributed by atoms with Gasteiger partial charge in [-0.1, -0.05) is 19.8 Å². The van der Waals surface area contributed by atoms with Crippen molar-refractivity contribution in [2.75, 3.05) is 13.7 Å². The van der Waals surface area contributed by atoms with Crippen LogP contribution in [-0.2, 0) is 0 Å². The Hall–Kier alpha value is -4.40. The lowest BCUT2D eigenvalue weighted by atomic mass is 10.2. The third-order valence-electron chi connectivity index (χ3n) is 4.97. The number of unbranched alkanes of at least 4 members (excludes halogenated alkanes) is 2. The molecule has 0 aliphatic heterocycles. The number of nitro groups is 1. The average molecular weight is 479 g/mol. The maximum Gasteiger partial charge on any atom is 0.347 e. The van der Waals surface area contributed by atoms with Crippen molar-refractivity contribution < 1.29 is 33.5 Å². The minimum absolute atomic E-state index is 0.109. The summed E-state index contributed by atoms with van der Waals surface area (Å²) in [6, 6.07) is 15.9. The van der Waals surface area contributed by atoms with E-state index < -0.39 is 16.9 Å². The summed E-state index contributed by atoms with van der Waals surface area (Å²) in [7, 11) is 1.53. The summed E-state index contributed by atoms with van der Waals surface area (Å²) in [6.07, 6.45) is 2.93. The summed E-state index contributed by atoms with van der Waals surface area (Å²) < 4.78 is 21.7. The van der Waals surface area contributed by atoms with E-state index in [0.29, 0.717) is 18.1 Å². The average Bonchev–Trinajstić information content (AvgIpc) is 2.87. The summed E-state index contributed by atoms with van der Waals surface area (Å²) in [6.45, 7) is 2.56. The number of non-ortho nitro benzene ring substituents is 1. The predicted octanol–water partition coefficient (Wildman–Crippen LogP) is 5.61. The first-order valence-corrected chi connectivity index (χ1v) is 11.0.